The van der Waals surface area contributed by atoms with Gasteiger partial charge in [-0.2, -0.15) is 0 Å². The number of rotatable bonds is 10. The predicted octanol–water partition coefficient (Wildman–Crippen LogP) is 23.6. The lowest BCUT2D eigenvalue weighted by Crippen LogP contribution is -2.23. The van der Waals surface area contributed by atoms with Crippen molar-refractivity contribution >= 4 is 88.8 Å². The van der Waals surface area contributed by atoms with Crippen LogP contribution < -0.4 is 9.80 Å². The van der Waals surface area contributed by atoms with Gasteiger partial charge in [-0.25, -0.2) is 0 Å². The monoisotopic (exact) mass is 1150 g/mol. The minimum atomic E-state index is -0.358. The van der Waals surface area contributed by atoms with Crippen molar-refractivity contribution in [1.29, 1.82) is 0 Å². The number of benzene rings is 14. The van der Waals surface area contributed by atoms with Gasteiger partial charge in [-0.05, 0) is 200 Å². The van der Waals surface area contributed by atoms with Crippen LogP contribution in [0.3, 0.4) is 0 Å². The molecule has 424 valence electrons. The average molecular weight is 1150 g/mol. The summed E-state index contributed by atoms with van der Waals surface area (Å²) in [6.45, 7) is 4.77. The summed E-state index contributed by atoms with van der Waals surface area (Å²) >= 11 is 0. The Morgan fingerprint density at radius 3 is 0.922 bits per heavy atom. The van der Waals surface area contributed by atoms with E-state index < -0.39 is 0 Å². The zero-order valence-corrected chi connectivity index (χ0v) is 49.7. The lowest BCUT2D eigenvalue weighted by Gasteiger charge is -2.31. The third-order valence-electron chi connectivity index (χ3n) is 19.8. The highest BCUT2D eigenvalue weighted by Crippen LogP contribution is 2.55. The van der Waals surface area contributed by atoms with Crippen LogP contribution in [0.1, 0.15) is 47.2 Å². The van der Waals surface area contributed by atoms with E-state index in [4.69, 9.17) is 8.83 Å². The van der Waals surface area contributed by atoms with Crippen LogP contribution in [-0.4, -0.2) is 0 Å². The average Bonchev–Trinajstić information content (AvgIpc) is 1.62. The highest BCUT2D eigenvalue weighted by Gasteiger charge is 2.42. The maximum atomic E-state index is 6.97. The fourth-order valence-corrected chi connectivity index (χ4v) is 15.4. The summed E-state index contributed by atoms with van der Waals surface area (Å²) in [4.78, 5) is 4.75. The molecule has 0 spiro atoms. The highest BCUT2D eigenvalue weighted by atomic mass is 16.3. The first-order valence-corrected chi connectivity index (χ1v) is 31.1. The first kappa shape index (κ1) is 51.7. The molecular weight excluding hydrogens is 1090 g/mol. The van der Waals surface area contributed by atoms with Crippen molar-refractivity contribution in [3.05, 3.63) is 349 Å². The molecule has 2 aliphatic carbocycles. The molecule has 0 atom stereocenters. The number of hydrogen-bond acceptors (Lipinski definition) is 4. The molecule has 4 nitrogen and oxygen atoms in total. The topological polar surface area (TPSA) is 32.8 Å². The van der Waals surface area contributed by atoms with Gasteiger partial charge in [-0.15, -0.1) is 0 Å². The molecule has 0 saturated carbocycles. The molecule has 90 heavy (non-hydrogen) atoms. The molecule has 18 rings (SSSR count). The van der Waals surface area contributed by atoms with Crippen LogP contribution in [0.2, 0.25) is 0 Å². The molecule has 2 heterocycles. The van der Waals surface area contributed by atoms with E-state index in [-0.39, 0.29) is 10.8 Å². The smallest absolute Gasteiger partial charge is 0.137 e. The zero-order chi connectivity index (χ0) is 59.7. The van der Waals surface area contributed by atoms with E-state index in [1.807, 2.05) is 0 Å². The number of furan rings is 2. The molecule has 2 aliphatic rings. The number of anilines is 6. The summed E-state index contributed by atoms with van der Waals surface area (Å²) in [5, 5.41) is 6.52. The number of fused-ring (bicyclic) bond motifs is 15. The lowest BCUT2D eigenvalue weighted by atomic mass is 9.74. The van der Waals surface area contributed by atoms with Crippen molar-refractivity contribution in [2.75, 3.05) is 9.80 Å². The molecule has 0 bridgehead atoms. The van der Waals surface area contributed by atoms with Gasteiger partial charge in [-0.1, -0.05) is 206 Å². The molecule has 16 aromatic rings. The number of hydrogen-bond donors (Lipinski definition) is 0. The van der Waals surface area contributed by atoms with Gasteiger partial charge < -0.3 is 18.6 Å². The maximum absolute atomic E-state index is 6.97. The molecule has 0 N–H and O–H groups in total. The Labute approximate surface area is 522 Å². The van der Waals surface area contributed by atoms with Gasteiger partial charge in [0.25, 0.3) is 0 Å². The summed E-state index contributed by atoms with van der Waals surface area (Å²) < 4.78 is 13.9. The second kappa shape index (κ2) is 20.0. The summed E-state index contributed by atoms with van der Waals surface area (Å²) in [6, 6.07) is 115. The third-order valence-corrected chi connectivity index (χ3v) is 19.8. The standard InChI is InChI=1S/C86H58N2O2/c1-85(75-31-13-9-27-67(75)68-28-10-14-32-76(68)85)59-23-17-25-63(51-59)87(61-39-35-57(36-40-61)55-19-5-3-6-20-55)65-43-45-73-81(53-65)89-79-49-47-72-71(83(73)79)48-50-80-84(72)74-46-44-66(54-82(74)90-80)88(62-41-37-58(38-42-62)56-21-7-4-8-22-56)64-26-18-24-60(52-64)86(2)77-33-15-11-29-69(77)70-30-12-16-34-78(70)86/h3-54H,1-2H3. The van der Waals surface area contributed by atoms with Crippen LogP contribution in [0, 0.1) is 0 Å². The molecule has 0 fully saturated rings. The highest BCUT2D eigenvalue weighted by molar-refractivity contribution is 6.27. The maximum Gasteiger partial charge on any atom is 0.137 e. The van der Waals surface area contributed by atoms with E-state index in [9.17, 15) is 0 Å². The Kier molecular flexibility index (Phi) is 11.5. The lowest BCUT2D eigenvalue weighted by molar-refractivity contribution is 0.668. The van der Waals surface area contributed by atoms with Gasteiger partial charge in [0.2, 0.25) is 0 Å². The van der Waals surface area contributed by atoms with Crippen LogP contribution in [0.4, 0.5) is 34.1 Å². The van der Waals surface area contributed by atoms with Gasteiger partial charge in [0, 0.05) is 78.6 Å². The summed E-state index contributed by atoms with van der Waals surface area (Å²) in [5.74, 6) is 0. The van der Waals surface area contributed by atoms with Gasteiger partial charge in [0.15, 0.2) is 0 Å². The quantitative estimate of drug-likeness (QED) is 0.137. The largest absolute Gasteiger partial charge is 0.456 e. The molecule has 0 aliphatic heterocycles. The molecule has 2 aromatic heterocycles. The van der Waals surface area contributed by atoms with Crippen molar-refractivity contribution in [2.24, 2.45) is 0 Å². The SMILES string of the molecule is CC1(c2cccc(N(c3ccc(-c4ccccc4)cc3)c3ccc4c(c3)oc3ccc5c(ccc6oc7cc(N(c8ccc(-c9ccccc9)cc8)c8cccc(C9(C)c%10ccccc%10-c%10ccccc%109)c8)ccc7c65)c34)c2)c2ccccc2-c2ccccc21. The van der Waals surface area contributed by atoms with Crippen LogP contribution in [0.5, 0.6) is 0 Å². The fraction of sp³-hybridized carbons (Fsp3) is 0.0465. The molecule has 0 amide bonds. The predicted molar refractivity (Wildman–Crippen MR) is 374 cm³/mol. The van der Waals surface area contributed by atoms with Crippen molar-refractivity contribution in [2.45, 2.75) is 24.7 Å². The van der Waals surface area contributed by atoms with E-state index >= 15 is 0 Å². The number of nitrogens with zero attached hydrogens (tertiary/aromatic N) is 2. The Morgan fingerprint density at radius 2 is 0.544 bits per heavy atom. The van der Waals surface area contributed by atoms with E-state index in [1.165, 1.54) is 77.9 Å². The second-order valence-electron chi connectivity index (χ2n) is 24.6. The summed E-state index contributed by atoms with van der Waals surface area (Å²) in [7, 11) is 0. The molecular formula is C86H58N2O2. The van der Waals surface area contributed by atoms with E-state index in [0.717, 1.165) is 88.8 Å². The molecule has 14 aromatic carbocycles. The molecule has 0 saturated heterocycles. The minimum absolute atomic E-state index is 0.358. The normalized spacial score (nSPS) is 13.4. The Bertz CT molecular complexity index is 5090. The molecule has 4 heteroatoms. The molecule has 0 radical (unpaired) electrons. The van der Waals surface area contributed by atoms with E-state index in [2.05, 4.69) is 339 Å². The fourth-order valence-electron chi connectivity index (χ4n) is 15.4. The Balaban J connectivity index is 0.750. The van der Waals surface area contributed by atoms with Crippen molar-refractivity contribution in [1.82, 2.24) is 0 Å². The van der Waals surface area contributed by atoms with E-state index in [1.54, 1.807) is 0 Å². The second-order valence-corrected chi connectivity index (χ2v) is 24.6. The summed E-state index contributed by atoms with van der Waals surface area (Å²) in [6.07, 6.45) is 0. The third kappa shape index (κ3) is 7.81. The van der Waals surface area contributed by atoms with Crippen molar-refractivity contribution in [3.63, 3.8) is 0 Å². The first-order chi connectivity index (χ1) is 44.4. The Hall–Kier alpha value is -11.5. The van der Waals surface area contributed by atoms with Crippen LogP contribution in [0.15, 0.2) is 324 Å². The van der Waals surface area contributed by atoms with Crippen LogP contribution >= 0.6 is 0 Å². The van der Waals surface area contributed by atoms with Gasteiger partial charge in [0.05, 0.1) is 0 Å². The first-order valence-electron chi connectivity index (χ1n) is 31.1. The van der Waals surface area contributed by atoms with Crippen molar-refractivity contribution < 1.29 is 8.83 Å². The van der Waals surface area contributed by atoms with Crippen molar-refractivity contribution in [3.8, 4) is 44.5 Å². The molecule has 0 unspecified atom stereocenters. The Morgan fingerprint density at radius 1 is 0.233 bits per heavy atom. The van der Waals surface area contributed by atoms with Crippen LogP contribution in [0.25, 0.3) is 99.2 Å². The zero-order valence-electron chi connectivity index (χ0n) is 49.7. The van der Waals surface area contributed by atoms with E-state index in [0.29, 0.717) is 0 Å². The minimum Gasteiger partial charge on any atom is -0.456 e. The van der Waals surface area contributed by atoms with Gasteiger partial charge >= 0.3 is 0 Å². The van der Waals surface area contributed by atoms with Crippen LogP contribution in [-0.2, 0) is 10.8 Å². The van der Waals surface area contributed by atoms with Gasteiger partial charge in [-0.3, -0.25) is 0 Å². The van der Waals surface area contributed by atoms with Gasteiger partial charge in [0.1, 0.15) is 22.3 Å². The summed E-state index contributed by atoms with van der Waals surface area (Å²) in [5.41, 5.74) is 26.5.